The van der Waals surface area contributed by atoms with Crippen molar-refractivity contribution in [3.05, 3.63) is 29.1 Å². The van der Waals surface area contributed by atoms with Crippen LogP contribution in [0.2, 0.25) is 0 Å². The smallest absolute Gasteiger partial charge is 0.464 e. The van der Waals surface area contributed by atoms with Crippen LogP contribution in [0.4, 0.5) is 17.3 Å². The molecular formula is C13H21BF4O2. The highest BCUT2D eigenvalue weighted by molar-refractivity contribution is 6.50. The van der Waals surface area contributed by atoms with Gasteiger partial charge in [0, 0.05) is 10.8 Å². The molecule has 0 saturated carbocycles. The van der Waals surface area contributed by atoms with Gasteiger partial charge in [0.2, 0.25) is 0 Å². The summed E-state index contributed by atoms with van der Waals surface area (Å²) in [6.45, 7) is 12.4. The lowest BCUT2D eigenvalue weighted by atomic mass is 9.90. The highest BCUT2D eigenvalue weighted by Crippen LogP contribution is 2.26. The first-order chi connectivity index (χ1) is 8.60. The monoisotopic (exact) mass is 296 g/mol. The SMILES string of the molecule is CC(C)(C)c1cc(=[OH+])cc(C(C)(C)C)o1.F[B-](F)(F)F. The molecule has 1 aromatic heterocycles. The standard InChI is InChI=1S/C13H20O2.BF4/c1-12(2,3)10-7-9(14)8-11(15-10)13(4,5)6;2-1(3,4)5/h7-8H,1-6H3;/q;-1/p+1. The molecule has 2 nitrogen and oxygen atoms in total. The Kier molecular flexibility index (Phi) is 5.63. The van der Waals surface area contributed by atoms with Gasteiger partial charge in [-0.2, -0.15) is 0 Å². The predicted molar refractivity (Wildman–Crippen MR) is 71.4 cm³/mol. The Labute approximate surface area is 116 Å². The molecule has 0 fully saturated rings. The lowest BCUT2D eigenvalue weighted by Gasteiger charge is -2.21. The fourth-order valence-corrected chi connectivity index (χ4v) is 1.23. The molecule has 0 aromatic carbocycles. The van der Waals surface area contributed by atoms with E-state index in [1.165, 1.54) is 0 Å². The van der Waals surface area contributed by atoms with Gasteiger partial charge in [0.15, 0.2) is 0 Å². The first-order valence-electron chi connectivity index (χ1n) is 6.16. The number of halogens is 4. The minimum Gasteiger partial charge on any atom is -0.464 e. The molecular weight excluding hydrogens is 275 g/mol. The van der Waals surface area contributed by atoms with Crippen molar-refractivity contribution in [1.29, 1.82) is 0 Å². The maximum Gasteiger partial charge on any atom is 0.673 e. The van der Waals surface area contributed by atoms with Crippen LogP contribution in [-0.4, -0.2) is 12.0 Å². The minimum absolute atomic E-state index is 0.0846. The molecule has 1 rings (SSSR count). The maximum absolute atomic E-state index is 9.75. The fourth-order valence-electron chi connectivity index (χ4n) is 1.23. The highest BCUT2D eigenvalue weighted by Gasteiger charge is 2.24. The van der Waals surface area contributed by atoms with Crippen molar-refractivity contribution in [3.63, 3.8) is 0 Å². The highest BCUT2D eigenvalue weighted by atomic mass is 19.5. The second-order valence-electron chi connectivity index (χ2n) is 6.54. The Morgan fingerprint density at radius 2 is 1.10 bits per heavy atom. The van der Waals surface area contributed by atoms with E-state index < -0.39 is 7.25 Å². The maximum atomic E-state index is 9.75. The molecule has 7 heteroatoms. The average Bonchev–Trinajstić information content (AvgIpc) is 2.10. The molecule has 0 bridgehead atoms. The molecule has 0 spiro atoms. The third kappa shape index (κ3) is 8.02. The van der Waals surface area contributed by atoms with Crippen molar-refractivity contribution < 1.29 is 26.5 Å². The summed E-state index contributed by atoms with van der Waals surface area (Å²) in [5, 5.41) is 0. The van der Waals surface area contributed by atoms with Crippen LogP contribution < -0.4 is 5.43 Å². The van der Waals surface area contributed by atoms with Crippen LogP contribution in [0.1, 0.15) is 53.1 Å². The summed E-state index contributed by atoms with van der Waals surface area (Å²) >= 11 is 0. The van der Waals surface area contributed by atoms with Crippen LogP contribution in [-0.2, 0) is 10.8 Å². The summed E-state index contributed by atoms with van der Waals surface area (Å²) in [5.41, 5.74) is 0.105. The molecule has 0 amide bonds. The van der Waals surface area contributed by atoms with E-state index in [-0.39, 0.29) is 16.3 Å². The van der Waals surface area contributed by atoms with E-state index in [0.29, 0.717) is 0 Å². The van der Waals surface area contributed by atoms with E-state index in [1.807, 2.05) is 0 Å². The zero-order chi connectivity index (χ0) is 16.4. The van der Waals surface area contributed by atoms with Crippen LogP contribution in [0.25, 0.3) is 0 Å². The minimum atomic E-state index is -6.00. The molecule has 116 valence electrons. The van der Waals surface area contributed by atoms with Gasteiger partial charge in [-0.1, -0.05) is 41.5 Å². The van der Waals surface area contributed by atoms with E-state index in [2.05, 4.69) is 41.5 Å². The first kappa shape index (κ1) is 18.7. The van der Waals surface area contributed by atoms with E-state index in [1.54, 1.807) is 12.1 Å². The van der Waals surface area contributed by atoms with Gasteiger partial charge in [-0.3, -0.25) is 4.79 Å². The molecule has 0 radical (unpaired) electrons. The lowest BCUT2D eigenvalue weighted by Crippen LogP contribution is -2.20. The second-order valence-corrected chi connectivity index (χ2v) is 6.54. The van der Waals surface area contributed by atoms with Crippen molar-refractivity contribution >= 4 is 7.25 Å². The van der Waals surface area contributed by atoms with Crippen LogP contribution >= 0.6 is 0 Å². The van der Waals surface area contributed by atoms with Crippen molar-refractivity contribution in [2.24, 2.45) is 0 Å². The Morgan fingerprint density at radius 3 is 1.30 bits per heavy atom. The molecule has 0 aliphatic rings. The third-order valence-electron chi connectivity index (χ3n) is 2.26. The van der Waals surface area contributed by atoms with Gasteiger partial charge in [0.05, 0.1) is 12.1 Å². The number of hydrogen-bond donors (Lipinski definition) is 0. The van der Waals surface area contributed by atoms with Gasteiger partial charge < -0.3 is 21.7 Å². The summed E-state index contributed by atoms with van der Waals surface area (Å²) in [6, 6.07) is 3.38. The molecule has 1 aromatic rings. The van der Waals surface area contributed by atoms with Crippen molar-refractivity contribution in [3.8, 4) is 0 Å². The van der Waals surface area contributed by atoms with Gasteiger partial charge >= 0.3 is 12.7 Å². The van der Waals surface area contributed by atoms with Gasteiger partial charge in [-0.15, -0.1) is 0 Å². The quantitative estimate of drug-likeness (QED) is 0.402. The first-order valence-corrected chi connectivity index (χ1v) is 6.16. The van der Waals surface area contributed by atoms with Crippen molar-refractivity contribution in [1.82, 2.24) is 0 Å². The Bertz CT molecular complexity index is 452. The summed E-state index contributed by atoms with van der Waals surface area (Å²) in [6.07, 6.45) is 0. The zero-order valence-electron chi connectivity index (χ0n) is 12.6. The van der Waals surface area contributed by atoms with Gasteiger partial charge in [-0.25, -0.2) is 0 Å². The molecule has 1 N–H and O–H groups in total. The van der Waals surface area contributed by atoms with Crippen LogP contribution in [0.5, 0.6) is 0 Å². The molecule has 0 unspecified atom stereocenters. The van der Waals surface area contributed by atoms with E-state index in [0.717, 1.165) is 11.5 Å². The summed E-state index contributed by atoms with van der Waals surface area (Å²) in [5.74, 6) is 1.62. The van der Waals surface area contributed by atoms with Crippen LogP contribution in [0.3, 0.4) is 0 Å². The van der Waals surface area contributed by atoms with Gasteiger partial charge in [0.1, 0.15) is 11.5 Å². The number of hydrogen-bond acceptors (Lipinski definition) is 1. The molecule has 0 aliphatic carbocycles. The Balaban J connectivity index is 0.000000621. The molecule has 0 saturated heterocycles. The molecule has 1 heterocycles. The second kappa shape index (κ2) is 6.02. The lowest BCUT2D eigenvalue weighted by molar-refractivity contribution is 0.323. The van der Waals surface area contributed by atoms with Crippen LogP contribution in [0.15, 0.2) is 16.5 Å². The van der Waals surface area contributed by atoms with E-state index in [4.69, 9.17) is 4.42 Å². The molecule has 0 aliphatic heterocycles. The normalized spacial score (nSPS) is 12.7. The Morgan fingerprint density at radius 1 is 0.850 bits per heavy atom. The summed E-state index contributed by atoms with van der Waals surface area (Å²) in [7, 11) is -6.00. The third-order valence-corrected chi connectivity index (χ3v) is 2.26. The molecule has 0 atom stereocenters. The summed E-state index contributed by atoms with van der Waals surface area (Å²) in [4.78, 5) is 9.66. The Hall–Kier alpha value is -1.27. The van der Waals surface area contributed by atoms with Gasteiger partial charge in [0.25, 0.3) is 0 Å². The topological polar surface area (TPSA) is 34.5 Å². The largest absolute Gasteiger partial charge is 0.673 e. The van der Waals surface area contributed by atoms with Crippen molar-refractivity contribution in [2.45, 2.75) is 52.4 Å². The van der Waals surface area contributed by atoms with E-state index in [9.17, 15) is 22.1 Å². The average molecular weight is 296 g/mol. The van der Waals surface area contributed by atoms with Crippen LogP contribution in [0, 0.1) is 0 Å². The van der Waals surface area contributed by atoms with Gasteiger partial charge in [-0.05, 0) is 0 Å². The number of rotatable bonds is 0. The molecule has 20 heavy (non-hydrogen) atoms. The van der Waals surface area contributed by atoms with Crippen molar-refractivity contribution in [2.75, 3.05) is 0 Å². The zero-order valence-corrected chi connectivity index (χ0v) is 12.6. The fraction of sp³-hybridized carbons (Fsp3) is 0.615. The summed E-state index contributed by atoms with van der Waals surface area (Å²) < 4.78 is 44.8. The predicted octanol–water partition coefficient (Wildman–Crippen LogP) is 4.18. The van der Waals surface area contributed by atoms with E-state index >= 15 is 0 Å².